The van der Waals surface area contributed by atoms with E-state index in [9.17, 15) is 9.59 Å². The van der Waals surface area contributed by atoms with Gasteiger partial charge in [-0.2, -0.15) is 0 Å². The summed E-state index contributed by atoms with van der Waals surface area (Å²) in [6, 6.07) is 9.54. The van der Waals surface area contributed by atoms with Crippen LogP contribution < -0.4 is 15.0 Å². The van der Waals surface area contributed by atoms with E-state index in [2.05, 4.69) is 5.32 Å². The minimum Gasteiger partial charge on any atom is -0.479 e. The van der Waals surface area contributed by atoms with Gasteiger partial charge in [0.05, 0.1) is 12.2 Å². The van der Waals surface area contributed by atoms with Crippen LogP contribution in [0.4, 0.5) is 5.69 Å². The van der Waals surface area contributed by atoms with E-state index in [1.165, 1.54) is 4.90 Å². The zero-order chi connectivity index (χ0) is 16.4. The minimum absolute atomic E-state index is 0.00559. The topological polar surface area (TPSA) is 58.6 Å². The number of carbonyl (C=O) groups excluding carboxylic acids is 2. The van der Waals surface area contributed by atoms with Gasteiger partial charge in [-0.15, -0.1) is 11.3 Å². The smallest absolute Gasteiger partial charge is 0.268 e. The van der Waals surface area contributed by atoms with Gasteiger partial charge in [-0.3, -0.25) is 14.5 Å². The van der Waals surface area contributed by atoms with Gasteiger partial charge in [0, 0.05) is 4.88 Å². The van der Waals surface area contributed by atoms with Gasteiger partial charge >= 0.3 is 0 Å². The maximum atomic E-state index is 12.4. The van der Waals surface area contributed by atoms with Crippen molar-refractivity contribution in [1.82, 2.24) is 5.32 Å². The van der Waals surface area contributed by atoms with Gasteiger partial charge in [-0.25, -0.2) is 0 Å². The van der Waals surface area contributed by atoms with Crippen molar-refractivity contribution in [2.75, 3.05) is 11.4 Å². The average Bonchev–Trinajstić information content (AvgIpc) is 3.04. The van der Waals surface area contributed by atoms with E-state index < -0.39 is 6.10 Å². The third-order valence-electron chi connectivity index (χ3n) is 3.66. The highest BCUT2D eigenvalue weighted by atomic mass is 32.1. The van der Waals surface area contributed by atoms with Crippen molar-refractivity contribution >= 4 is 28.8 Å². The Kier molecular flexibility index (Phi) is 4.34. The van der Waals surface area contributed by atoms with E-state index in [0.717, 1.165) is 10.4 Å². The lowest BCUT2D eigenvalue weighted by atomic mass is 10.1. The van der Waals surface area contributed by atoms with Gasteiger partial charge in [-0.05, 0) is 43.0 Å². The predicted octanol–water partition coefficient (Wildman–Crippen LogP) is 2.49. The first-order chi connectivity index (χ1) is 11.0. The first-order valence-corrected chi connectivity index (χ1v) is 8.30. The fraction of sp³-hybridized carbons (Fsp3) is 0.294. The Bertz CT molecular complexity index is 727. The third-order valence-corrected chi connectivity index (χ3v) is 4.54. The first kappa shape index (κ1) is 15.6. The molecule has 5 nitrogen and oxygen atoms in total. The lowest BCUT2D eigenvalue weighted by molar-refractivity contribution is -0.128. The molecule has 0 bridgehead atoms. The summed E-state index contributed by atoms with van der Waals surface area (Å²) >= 11 is 1.59. The molecule has 2 aromatic rings. The molecule has 1 N–H and O–H groups in total. The number of hydrogen-bond donors (Lipinski definition) is 1. The highest BCUT2D eigenvalue weighted by Gasteiger charge is 2.32. The number of thiophene rings is 1. The van der Waals surface area contributed by atoms with Gasteiger partial charge in [0.25, 0.3) is 5.91 Å². The third kappa shape index (κ3) is 3.37. The number of ether oxygens (including phenoxy) is 1. The van der Waals surface area contributed by atoms with E-state index in [1.807, 2.05) is 42.6 Å². The Labute approximate surface area is 138 Å². The number of anilines is 1. The summed E-state index contributed by atoms with van der Waals surface area (Å²) in [4.78, 5) is 27.2. The monoisotopic (exact) mass is 330 g/mol. The molecule has 0 aliphatic carbocycles. The summed E-state index contributed by atoms with van der Waals surface area (Å²) in [5.41, 5.74) is 1.66. The van der Waals surface area contributed by atoms with Crippen LogP contribution in [0.1, 0.15) is 17.4 Å². The highest BCUT2D eigenvalue weighted by Crippen LogP contribution is 2.34. The van der Waals surface area contributed by atoms with Gasteiger partial charge in [0.2, 0.25) is 5.91 Å². The Morgan fingerprint density at radius 3 is 2.96 bits per heavy atom. The molecule has 1 aliphatic rings. The van der Waals surface area contributed by atoms with E-state index >= 15 is 0 Å². The summed E-state index contributed by atoms with van der Waals surface area (Å²) in [6.07, 6.45) is -0.588. The van der Waals surface area contributed by atoms with Crippen molar-refractivity contribution < 1.29 is 14.3 Å². The molecule has 3 rings (SSSR count). The molecule has 1 aliphatic heterocycles. The standard InChI is InChI=1S/C17H18N2O3S/c1-11-5-6-15-14(8-11)19(17(21)12(2)22-15)10-16(20)18-9-13-4-3-7-23-13/h3-8,12H,9-10H2,1-2H3,(H,18,20)/t12-/m1/s1. The van der Waals surface area contributed by atoms with Gasteiger partial charge in [-0.1, -0.05) is 12.1 Å². The number of aryl methyl sites for hydroxylation is 1. The number of benzene rings is 1. The number of hydrogen-bond acceptors (Lipinski definition) is 4. The van der Waals surface area contributed by atoms with Crippen molar-refractivity contribution in [3.05, 3.63) is 46.2 Å². The number of amides is 2. The summed E-state index contributed by atoms with van der Waals surface area (Å²) in [5, 5.41) is 4.82. The lowest BCUT2D eigenvalue weighted by Gasteiger charge is -2.32. The van der Waals surface area contributed by atoms with Crippen molar-refractivity contribution in [2.45, 2.75) is 26.5 Å². The van der Waals surface area contributed by atoms with Crippen LogP contribution >= 0.6 is 11.3 Å². The molecular weight excluding hydrogens is 312 g/mol. The summed E-state index contributed by atoms with van der Waals surface area (Å²) in [5.74, 6) is 0.247. The van der Waals surface area contributed by atoms with Crippen molar-refractivity contribution in [3.63, 3.8) is 0 Å². The molecule has 2 heterocycles. The molecule has 1 aromatic carbocycles. The minimum atomic E-state index is -0.588. The fourth-order valence-electron chi connectivity index (χ4n) is 2.48. The van der Waals surface area contributed by atoms with Crippen LogP contribution in [0.5, 0.6) is 5.75 Å². The van der Waals surface area contributed by atoms with Gasteiger partial charge < -0.3 is 10.1 Å². The molecule has 0 radical (unpaired) electrons. The van der Waals surface area contributed by atoms with Crippen LogP contribution in [0.3, 0.4) is 0 Å². The Morgan fingerprint density at radius 2 is 2.22 bits per heavy atom. The second-order valence-electron chi connectivity index (χ2n) is 5.51. The van der Waals surface area contributed by atoms with Crippen LogP contribution in [0.2, 0.25) is 0 Å². The molecule has 0 saturated heterocycles. The molecule has 120 valence electrons. The molecule has 0 unspecified atom stereocenters. The largest absolute Gasteiger partial charge is 0.479 e. The number of carbonyl (C=O) groups is 2. The second kappa shape index (κ2) is 6.42. The van der Waals surface area contributed by atoms with Crippen molar-refractivity contribution in [2.24, 2.45) is 0 Å². The Balaban J connectivity index is 1.74. The maximum absolute atomic E-state index is 12.4. The number of nitrogens with zero attached hydrogens (tertiary/aromatic N) is 1. The molecule has 0 fully saturated rings. The zero-order valence-electron chi connectivity index (χ0n) is 13.0. The van der Waals surface area contributed by atoms with E-state index in [0.29, 0.717) is 18.0 Å². The molecule has 0 saturated carbocycles. The number of nitrogens with one attached hydrogen (secondary N) is 1. The second-order valence-corrected chi connectivity index (χ2v) is 6.54. The molecule has 1 atom stereocenters. The van der Waals surface area contributed by atoms with Crippen LogP contribution in [0, 0.1) is 6.92 Å². The molecule has 23 heavy (non-hydrogen) atoms. The Hall–Kier alpha value is -2.34. The molecule has 2 amide bonds. The zero-order valence-corrected chi connectivity index (χ0v) is 13.9. The summed E-state index contributed by atoms with van der Waals surface area (Å²) in [7, 11) is 0. The molecule has 1 aromatic heterocycles. The van der Waals surface area contributed by atoms with Crippen molar-refractivity contribution in [3.8, 4) is 5.75 Å². The van der Waals surface area contributed by atoms with Crippen LogP contribution in [-0.2, 0) is 16.1 Å². The first-order valence-electron chi connectivity index (χ1n) is 7.42. The van der Waals surface area contributed by atoms with E-state index in [1.54, 1.807) is 18.3 Å². The van der Waals surface area contributed by atoms with E-state index in [-0.39, 0.29) is 18.4 Å². The Morgan fingerprint density at radius 1 is 1.39 bits per heavy atom. The molecule has 0 spiro atoms. The maximum Gasteiger partial charge on any atom is 0.268 e. The predicted molar refractivity (Wildman–Crippen MR) is 89.8 cm³/mol. The molecular formula is C17H18N2O3S. The normalized spacial score (nSPS) is 16.7. The lowest BCUT2D eigenvalue weighted by Crippen LogP contribution is -2.48. The summed E-state index contributed by atoms with van der Waals surface area (Å²) < 4.78 is 5.61. The van der Waals surface area contributed by atoms with Crippen LogP contribution in [-0.4, -0.2) is 24.5 Å². The molecule has 6 heteroatoms. The van der Waals surface area contributed by atoms with Gasteiger partial charge in [0.1, 0.15) is 12.3 Å². The van der Waals surface area contributed by atoms with Crippen molar-refractivity contribution in [1.29, 1.82) is 0 Å². The van der Waals surface area contributed by atoms with Crippen LogP contribution in [0.25, 0.3) is 0 Å². The van der Waals surface area contributed by atoms with Gasteiger partial charge in [0.15, 0.2) is 6.10 Å². The van der Waals surface area contributed by atoms with Crippen LogP contribution in [0.15, 0.2) is 35.7 Å². The number of fused-ring (bicyclic) bond motifs is 1. The quantitative estimate of drug-likeness (QED) is 0.937. The van der Waals surface area contributed by atoms with E-state index in [4.69, 9.17) is 4.74 Å². The fourth-order valence-corrected chi connectivity index (χ4v) is 3.12. The SMILES string of the molecule is Cc1ccc2c(c1)N(CC(=O)NCc1cccs1)C(=O)[C@@H](C)O2. The number of rotatable bonds is 4. The highest BCUT2D eigenvalue weighted by molar-refractivity contribution is 7.09. The summed E-state index contributed by atoms with van der Waals surface area (Å²) in [6.45, 7) is 4.11. The average molecular weight is 330 g/mol.